The number of pyridine rings is 1. The molecule has 0 fully saturated rings. The lowest BCUT2D eigenvalue weighted by Gasteiger charge is -2.13. The van der Waals surface area contributed by atoms with Crippen LogP contribution in [0.25, 0.3) is 33.0 Å². The third kappa shape index (κ3) is 3.02. The molecule has 5 heteroatoms. The highest BCUT2D eigenvalue weighted by Crippen LogP contribution is 2.34. The number of furan rings is 1. The Kier molecular flexibility index (Phi) is 4.06. The molecule has 2 aromatic heterocycles. The molecule has 0 saturated carbocycles. The fraction of sp³-hybridized carbons (Fsp3) is 0.0417. The number of aromatic nitrogens is 1. The minimum absolute atomic E-state index is 0.138. The van der Waals surface area contributed by atoms with Crippen molar-refractivity contribution in [3.05, 3.63) is 89.4 Å². The number of aromatic amines is 1. The van der Waals surface area contributed by atoms with E-state index in [1.54, 1.807) is 13.4 Å². The molecule has 5 rings (SSSR count). The van der Waals surface area contributed by atoms with Crippen LogP contribution in [0.4, 0.5) is 11.4 Å². The molecule has 0 atom stereocenters. The highest BCUT2D eigenvalue weighted by molar-refractivity contribution is 6.11. The van der Waals surface area contributed by atoms with Crippen molar-refractivity contribution in [3.63, 3.8) is 0 Å². The van der Waals surface area contributed by atoms with Crippen LogP contribution in [-0.2, 0) is 0 Å². The van der Waals surface area contributed by atoms with Crippen molar-refractivity contribution in [2.75, 3.05) is 12.4 Å². The third-order valence-corrected chi connectivity index (χ3v) is 5.01. The molecular weight excluding hydrogens is 364 g/mol. The van der Waals surface area contributed by atoms with Gasteiger partial charge in [0, 0.05) is 22.2 Å². The van der Waals surface area contributed by atoms with E-state index in [0.29, 0.717) is 11.1 Å². The van der Waals surface area contributed by atoms with Gasteiger partial charge in [-0.1, -0.05) is 18.2 Å². The number of rotatable bonds is 4. The zero-order chi connectivity index (χ0) is 19.8. The van der Waals surface area contributed by atoms with Gasteiger partial charge < -0.3 is 19.5 Å². The number of hydrogen-bond acceptors (Lipinski definition) is 4. The first kappa shape index (κ1) is 17.1. The van der Waals surface area contributed by atoms with E-state index in [-0.39, 0.29) is 5.56 Å². The number of fused-ring (bicyclic) bond motifs is 3. The Labute approximate surface area is 166 Å². The average Bonchev–Trinajstić information content (AvgIpc) is 3.29. The number of ether oxygens (including phenoxy) is 1. The minimum atomic E-state index is -0.138. The van der Waals surface area contributed by atoms with Gasteiger partial charge >= 0.3 is 0 Å². The first-order valence-corrected chi connectivity index (χ1v) is 9.27. The Balaban J connectivity index is 1.78. The Hall–Kier alpha value is -3.99. The lowest BCUT2D eigenvalue weighted by atomic mass is 10.0. The van der Waals surface area contributed by atoms with Crippen LogP contribution >= 0.6 is 0 Å². The quantitative estimate of drug-likeness (QED) is 0.392. The van der Waals surface area contributed by atoms with Gasteiger partial charge in [0.2, 0.25) is 0 Å². The van der Waals surface area contributed by atoms with Crippen LogP contribution in [0.15, 0.2) is 88.3 Å². The van der Waals surface area contributed by atoms with Crippen LogP contribution < -0.4 is 15.6 Å². The second-order valence-corrected chi connectivity index (χ2v) is 6.78. The largest absolute Gasteiger partial charge is 0.497 e. The molecule has 0 spiro atoms. The molecule has 3 aromatic carbocycles. The van der Waals surface area contributed by atoms with Crippen molar-refractivity contribution in [2.45, 2.75) is 0 Å². The summed E-state index contributed by atoms with van der Waals surface area (Å²) >= 11 is 0. The molecule has 0 aliphatic carbocycles. The lowest BCUT2D eigenvalue weighted by molar-refractivity contribution is 0.415. The predicted molar refractivity (Wildman–Crippen MR) is 116 cm³/mol. The summed E-state index contributed by atoms with van der Waals surface area (Å²) in [5.74, 6) is 1.52. The molecule has 0 aliphatic heterocycles. The first-order chi connectivity index (χ1) is 14.2. The maximum Gasteiger partial charge on any atom is 0.258 e. The number of hydrogen-bond donors (Lipinski definition) is 2. The molecule has 0 radical (unpaired) electrons. The Morgan fingerprint density at radius 1 is 0.931 bits per heavy atom. The Bertz CT molecular complexity index is 1370. The fourth-order valence-corrected chi connectivity index (χ4v) is 3.62. The number of methoxy groups -OCH3 is 1. The second kappa shape index (κ2) is 6.87. The maximum atomic E-state index is 13.0. The molecular formula is C24H18N2O3. The molecule has 0 amide bonds. The normalized spacial score (nSPS) is 11.1. The van der Waals surface area contributed by atoms with E-state index in [1.165, 1.54) is 0 Å². The van der Waals surface area contributed by atoms with E-state index in [2.05, 4.69) is 10.3 Å². The molecule has 5 nitrogen and oxygen atoms in total. The predicted octanol–water partition coefficient (Wildman–Crippen LogP) is 5.69. The van der Waals surface area contributed by atoms with Crippen LogP contribution in [0.2, 0.25) is 0 Å². The summed E-state index contributed by atoms with van der Waals surface area (Å²) in [5.41, 5.74) is 3.13. The molecule has 0 unspecified atom stereocenters. The summed E-state index contributed by atoms with van der Waals surface area (Å²) in [6.07, 6.45) is 1.64. The first-order valence-electron chi connectivity index (χ1n) is 9.27. The van der Waals surface area contributed by atoms with Crippen molar-refractivity contribution in [3.8, 4) is 17.1 Å². The zero-order valence-electron chi connectivity index (χ0n) is 15.7. The second-order valence-electron chi connectivity index (χ2n) is 6.78. The Morgan fingerprint density at radius 3 is 2.52 bits per heavy atom. The Morgan fingerprint density at radius 2 is 1.76 bits per heavy atom. The summed E-state index contributed by atoms with van der Waals surface area (Å²) in [6.45, 7) is 0. The molecule has 5 aromatic rings. The van der Waals surface area contributed by atoms with Crippen LogP contribution in [0.5, 0.6) is 5.75 Å². The third-order valence-electron chi connectivity index (χ3n) is 5.01. The van der Waals surface area contributed by atoms with E-state index in [9.17, 15) is 4.79 Å². The van der Waals surface area contributed by atoms with Gasteiger partial charge in [0.05, 0.1) is 24.4 Å². The smallest absolute Gasteiger partial charge is 0.258 e. The number of anilines is 2. The summed E-state index contributed by atoms with van der Waals surface area (Å²) in [6, 6.07) is 23.1. The van der Waals surface area contributed by atoms with Gasteiger partial charge in [0.1, 0.15) is 11.5 Å². The zero-order valence-corrected chi connectivity index (χ0v) is 15.7. The molecule has 29 heavy (non-hydrogen) atoms. The maximum absolute atomic E-state index is 13.0. The van der Waals surface area contributed by atoms with E-state index in [0.717, 1.165) is 39.0 Å². The molecule has 2 N–H and O–H groups in total. The molecule has 0 saturated heterocycles. The summed E-state index contributed by atoms with van der Waals surface area (Å²) in [7, 11) is 1.63. The van der Waals surface area contributed by atoms with Crippen LogP contribution in [0, 0.1) is 0 Å². The standard InChI is InChI=1S/C24H18N2O3/c1-28-17-10-8-16(9-11-17)25-21-14-15(22-7-4-12-29-22)13-19-18-5-2-3-6-20(18)26-24(27)23(19)21/h2-14,25H,1H3,(H,26,27). The summed E-state index contributed by atoms with van der Waals surface area (Å²) in [4.78, 5) is 16.0. The van der Waals surface area contributed by atoms with E-state index < -0.39 is 0 Å². The van der Waals surface area contributed by atoms with Crippen molar-refractivity contribution in [2.24, 2.45) is 0 Å². The van der Waals surface area contributed by atoms with Crippen LogP contribution in [0.1, 0.15) is 0 Å². The topological polar surface area (TPSA) is 67.3 Å². The summed E-state index contributed by atoms with van der Waals surface area (Å²) in [5, 5.41) is 5.84. The van der Waals surface area contributed by atoms with Gasteiger partial charge in [-0.2, -0.15) is 0 Å². The SMILES string of the molecule is COc1ccc(Nc2cc(-c3ccco3)cc3c2c(=O)[nH]c2ccccc23)cc1. The van der Waals surface area contributed by atoms with Gasteiger partial charge in [-0.25, -0.2) is 0 Å². The van der Waals surface area contributed by atoms with Gasteiger partial charge in [-0.3, -0.25) is 4.79 Å². The van der Waals surface area contributed by atoms with Gasteiger partial charge in [-0.05, 0) is 60.0 Å². The lowest BCUT2D eigenvalue weighted by Crippen LogP contribution is -2.09. The van der Waals surface area contributed by atoms with E-state index in [4.69, 9.17) is 9.15 Å². The van der Waals surface area contributed by atoms with E-state index >= 15 is 0 Å². The van der Waals surface area contributed by atoms with Crippen molar-refractivity contribution in [1.29, 1.82) is 0 Å². The van der Waals surface area contributed by atoms with Crippen molar-refractivity contribution in [1.82, 2.24) is 4.98 Å². The van der Waals surface area contributed by atoms with Gasteiger partial charge in [0.25, 0.3) is 5.56 Å². The minimum Gasteiger partial charge on any atom is -0.497 e. The average molecular weight is 382 g/mol. The number of benzene rings is 3. The number of para-hydroxylation sites is 1. The molecule has 0 aliphatic rings. The molecule has 2 heterocycles. The van der Waals surface area contributed by atoms with Gasteiger partial charge in [-0.15, -0.1) is 0 Å². The molecule has 0 bridgehead atoms. The van der Waals surface area contributed by atoms with Crippen LogP contribution in [0.3, 0.4) is 0 Å². The van der Waals surface area contributed by atoms with Crippen LogP contribution in [-0.4, -0.2) is 12.1 Å². The van der Waals surface area contributed by atoms with Gasteiger partial charge in [0.15, 0.2) is 0 Å². The number of H-pyrrole nitrogens is 1. The number of nitrogens with one attached hydrogen (secondary N) is 2. The highest BCUT2D eigenvalue weighted by atomic mass is 16.5. The highest BCUT2D eigenvalue weighted by Gasteiger charge is 2.14. The summed E-state index contributed by atoms with van der Waals surface area (Å²) < 4.78 is 10.8. The van der Waals surface area contributed by atoms with Crippen molar-refractivity contribution >= 4 is 33.1 Å². The van der Waals surface area contributed by atoms with Crippen molar-refractivity contribution < 1.29 is 9.15 Å². The monoisotopic (exact) mass is 382 g/mol. The molecule has 142 valence electrons. The van der Waals surface area contributed by atoms with E-state index in [1.807, 2.05) is 72.8 Å². The fourth-order valence-electron chi connectivity index (χ4n) is 3.62.